The molecule has 0 saturated carbocycles. The van der Waals surface area contributed by atoms with Crippen LogP contribution in [0.1, 0.15) is 45.4 Å². The molecule has 0 spiro atoms. The van der Waals surface area contributed by atoms with Gasteiger partial charge in [0.1, 0.15) is 0 Å². The van der Waals surface area contributed by atoms with Gasteiger partial charge in [0.15, 0.2) is 5.96 Å². The summed E-state index contributed by atoms with van der Waals surface area (Å²) < 4.78 is 0. The van der Waals surface area contributed by atoms with E-state index in [2.05, 4.69) is 39.2 Å². The molecular weight excluding hydrogens is 280 g/mol. The SMILES string of the molecule is CN=C(NCCCN1CCCCC1C)NCC1CCCS1. The molecule has 0 aromatic heterocycles. The van der Waals surface area contributed by atoms with E-state index in [1.807, 2.05) is 7.05 Å². The highest BCUT2D eigenvalue weighted by molar-refractivity contribution is 8.00. The highest BCUT2D eigenvalue weighted by atomic mass is 32.2. The van der Waals surface area contributed by atoms with Crippen LogP contribution < -0.4 is 10.6 Å². The number of hydrogen-bond acceptors (Lipinski definition) is 3. The zero-order valence-corrected chi connectivity index (χ0v) is 14.6. The van der Waals surface area contributed by atoms with Gasteiger partial charge in [0.05, 0.1) is 0 Å². The van der Waals surface area contributed by atoms with E-state index in [1.54, 1.807) is 0 Å². The molecule has 0 bridgehead atoms. The van der Waals surface area contributed by atoms with E-state index < -0.39 is 0 Å². The number of hydrogen-bond donors (Lipinski definition) is 2. The van der Waals surface area contributed by atoms with Crippen LogP contribution in [0.15, 0.2) is 4.99 Å². The third-order valence-electron chi connectivity index (χ3n) is 4.60. The van der Waals surface area contributed by atoms with Gasteiger partial charge < -0.3 is 15.5 Å². The molecule has 0 aromatic rings. The zero-order chi connectivity index (χ0) is 14.9. The maximum Gasteiger partial charge on any atom is 0.191 e. The van der Waals surface area contributed by atoms with E-state index >= 15 is 0 Å². The molecule has 2 aliphatic rings. The summed E-state index contributed by atoms with van der Waals surface area (Å²) in [5.74, 6) is 2.29. The predicted octanol–water partition coefficient (Wildman–Crippen LogP) is 2.31. The molecule has 2 aliphatic heterocycles. The Kier molecular flexibility index (Phi) is 7.72. The summed E-state index contributed by atoms with van der Waals surface area (Å²) in [5, 5.41) is 7.69. The summed E-state index contributed by atoms with van der Waals surface area (Å²) in [6.07, 6.45) is 8.07. The highest BCUT2D eigenvalue weighted by Gasteiger charge is 2.17. The Labute approximate surface area is 134 Å². The first-order valence-electron chi connectivity index (χ1n) is 8.60. The number of nitrogens with one attached hydrogen (secondary N) is 2. The number of aliphatic imine (C=N–C) groups is 1. The highest BCUT2D eigenvalue weighted by Crippen LogP contribution is 2.25. The fourth-order valence-electron chi connectivity index (χ4n) is 3.22. The third kappa shape index (κ3) is 6.07. The van der Waals surface area contributed by atoms with Crippen molar-refractivity contribution >= 4 is 17.7 Å². The molecule has 21 heavy (non-hydrogen) atoms. The van der Waals surface area contributed by atoms with Crippen molar-refractivity contribution in [3.8, 4) is 0 Å². The molecule has 2 atom stereocenters. The van der Waals surface area contributed by atoms with Crippen molar-refractivity contribution < 1.29 is 0 Å². The van der Waals surface area contributed by atoms with Crippen molar-refractivity contribution in [1.82, 2.24) is 15.5 Å². The van der Waals surface area contributed by atoms with Crippen molar-refractivity contribution in [2.45, 2.75) is 56.7 Å². The smallest absolute Gasteiger partial charge is 0.191 e. The van der Waals surface area contributed by atoms with Gasteiger partial charge in [-0.3, -0.25) is 4.99 Å². The van der Waals surface area contributed by atoms with E-state index in [-0.39, 0.29) is 0 Å². The Morgan fingerprint density at radius 1 is 1.24 bits per heavy atom. The predicted molar refractivity (Wildman–Crippen MR) is 94.3 cm³/mol. The van der Waals surface area contributed by atoms with Gasteiger partial charge in [0.2, 0.25) is 0 Å². The molecule has 0 aliphatic carbocycles. The number of piperidine rings is 1. The fourth-order valence-corrected chi connectivity index (χ4v) is 4.42. The number of thioether (sulfide) groups is 1. The van der Waals surface area contributed by atoms with E-state index in [1.165, 1.54) is 57.4 Å². The lowest BCUT2D eigenvalue weighted by atomic mass is 10.0. The second-order valence-electron chi connectivity index (χ2n) is 6.25. The lowest BCUT2D eigenvalue weighted by molar-refractivity contribution is 0.159. The average molecular weight is 313 g/mol. The molecule has 2 saturated heterocycles. The Hall–Kier alpha value is -0.420. The number of rotatable bonds is 6. The lowest BCUT2D eigenvalue weighted by Gasteiger charge is -2.33. The van der Waals surface area contributed by atoms with E-state index in [9.17, 15) is 0 Å². The summed E-state index contributed by atoms with van der Waals surface area (Å²) in [4.78, 5) is 6.96. The maximum atomic E-state index is 4.32. The first kappa shape index (κ1) is 16.9. The number of nitrogens with zero attached hydrogens (tertiary/aromatic N) is 2. The van der Waals surface area contributed by atoms with Gasteiger partial charge in [0, 0.05) is 38.0 Å². The monoisotopic (exact) mass is 312 g/mol. The molecule has 2 N–H and O–H groups in total. The van der Waals surface area contributed by atoms with Crippen LogP contribution in [0, 0.1) is 0 Å². The van der Waals surface area contributed by atoms with Crippen LogP contribution in [0.5, 0.6) is 0 Å². The second-order valence-corrected chi connectivity index (χ2v) is 7.66. The minimum Gasteiger partial charge on any atom is -0.356 e. The normalized spacial score (nSPS) is 27.8. The molecule has 0 aromatic carbocycles. The molecule has 2 unspecified atom stereocenters. The minimum absolute atomic E-state index is 0.774. The molecule has 0 amide bonds. The van der Waals surface area contributed by atoms with E-state index in [0.29, 0.717) is 0 Å². The van der Waals surface area contributed by atoms with Gasteiger partial charge in [-0.05, 0) is 51.3 Å². The summed E-state index contributed by atoms with van der Waals surface area (Å²) in [6.45, 7) is 6.93. The van der Waals surface area contributed by atoms with Crippen molar-refractivity contribution in [3.05, 3.63) is 0 Å². The van der Waals surface area contributed by atoms with Crippen LogP contribution in [0.2, 0.25) is 0 Å². The lowest BCUT2D eigenvalue weighted by Crippen LogP contribution is -2.42. The topological polar surface area (TPSA) is 39.7 Å². The van der Waals surface area contributed by atoms with Gasteiger partial charge in [-0.1, -0.05) is 6.42 Å². The molecule has 2 rings (SSSR count). The van der Waals surface area contributed by atoms with Crippen molar-refractivity contribution in [1.29, 1.82) is 0 Å². The first-order valence-corrected chi connectivity index (χ1v) is 9.64. The van der Waals surface area contributed by atoms with Crippen molar-refractivity contribution in [2.75, 3.05) is 39.0 Å². The Morgan fingerprint density at radius 3 is 2.86 bits per heavy atom. The van der Waals surface area contributed by atoms with Crippen LogP contribution in [0.3, 0.4) is 0 Å². The van der Waals surface area contributed by atoms with Crippen LogP contribution in [0.25, 0.3) is 0 Å². The van der Waals surface area contributed by atoms with Gasteiger partial charge in [-0.15, -0.1) is 0 Å². The molecule has 4 nitrogen and oxygen atoms in total. The van der Waals surface area contributed by atoms with Crippen LogP contribution in [0.4, 0.5) is 0 Å². The number of guanidine groups is 1. The number of likely N-dealkylation sites (tertiary alicyclic amines) is 1. The summed E-state index contributed by atoms with van der Waals surface area (Å²) in [5.41, 5.74) is 0. The van der Waals surface area contributed by atoms with Crippen LogP contribution in [-0.4, -0.2) is 61.1 Å². The van der Waals surface area contributed by atoms with Gasteiger partial charge in [-0.2, -0.15) is 11.8 Å². The Balaban J connectivity index is 1.55. The summed E-state index contributed by atoms with van der Waals surface area (Å²) in [7, 11) is 1.86. The molecule has 122 valence electrons. The van der Waals surface area contributed by atoms with E-state index in [4.69, 9.17) is 0 Å². The van der Waals surface area contributed by atoms with Gasteiger partial charge in [-0.25, -0.2) is 0 Å². The third-order valence-corrected chi connectivity index (χ3v) is 6.00. The molecule has 5 heteroatoms. The van der Waals surface area contributed by atoms with Crippen LogP contribution in [-0.2, 0) is 0 Å². The maximum absolute atomic E-state index is 4.32. The van der Waals surface area contributed by atoms with Crippen LogP contribution >= 0.6 is 11.8 Å². The molecule has 2 heterocycles. The quantitative estimate of drug-likeness (QED) is 0.448. The average Bonchev–Trinajstić information content (AvgIpc) is 3.01. The fraction of sp³-hybridized carbons (Fsp3) is 0.938. The Morgan fingerprint density at radius 2 is 2.14 bits per heavy atom. The summed E-state index contributed by atoms with van der Waals surface area (Å²) in [6, 6.07) is 0.774. The van der Waals surface area contributed by atoms with Crippen molar-refractivity contribution in [3.63, 3.8) is 0 Å². The molecular formula is C16H32N4S. The second kappa shape index (κ2) is 9.57. The zero-order valence-electron chi connectivity index (χ0n) is 13.7. The Bertz CT molecular complexity index is 315. The van der Waals surface area contributed by atoms with Crippen molar-refractivity contribution in [2.24, 2.45) is 4.99 Å². The molecule has 2 fully saturated rings. The largest absolute Gasteiger partial charge is 0.356 e. The van der Waals surface area contributed by atoms with Gasteiger partial charge >= 0.3 is 0 Å². The minimum atomic E-state index is 0.774. The summed E-state index contributed by atoms with van der Waals surface area (Å²) >= 11 is 2.09. The van der Waals surface area contributed by atoms with Gasteiger partial charge in [0.25, 0.3) is 0 Å². The van der Waals surface area contributed by atoms with E-state index in [0.717, 1.165) is 30.3 Å². The molecule has 0 radical (unpaired) electrons. The standard InChI is InChI=1S/C16H32N4S/c1-14-7-3-4-10-20(14)11-6-9-18-16(17-2)19-13-15-8-5-12-21-15/h14-15H,3-13H2,1-2H3,(H2,17,18,19). The first-order chi connectivity index (χ1) is 10.3.